The number of oxime groups is 1. The van der Waals surface area contributed by atoms with Gasteiger partial charge in [0.25, 0.3) is 5.69 Å². The summed E-state index contributed by atoms with van der Waals surface area (Å²) in [4.78, 5) is 36.5. The van der Waals surface area contributed by atoms with Gasteiger partial charge in [-0.25, -0.2) is 9.59 Å². The van der Waals surface area contributed by atoms with Crippen LogP contribution in [0.4, 0.5) is 5.69 Å². The minimum absolute atomic E-state index is 0.0171. The highest BCUT2D eigenvalue weighted by molar-refractivity contribution is 6.04. The van der Waals surface area contributed by atoms with Crippen LogP contribution in [0, 0.1) is 10.1 Å². The Hall–Kier alpha value is -3.69. The number of methoxy groups -OCH3 is 1. The second-order valence-electron chi connectivity index (χ2n) is 6.43. The van der Waals surface area contributed by atoms with Crippen LogP contribution in [0.1, 0.15) is 32.3 Å². The molecule has 0 bridgehead atoms. The molecule has 1 atom stereocenters. The van der Waals surface area contributed by atoms with Gasteiger partial charge in [0.05, 0.1) is 47.1 Å². The topological polar surface area (TPSA) is 140 Å². The third-order valence-electron chi connectivity index (χ3n) is 4.19. The molecule has 0 aromatic heterocycles. The lowest BCUT2D eigenvalue weighted by Crippen LogP contribution is -2.34. The number of nitrogens with one attached hydrogen (secondary N) is 1. The second kappa shape index (κ2) is 9.00. The quantitative estimate of drug-likeness (QED) is 0.243. The van der Waals surface area contributed by atoms with Crippen molar-refractivity contribution in [2.24, 2.45) is 5.16 Å². The maximum atomic E-state index is 12.9. The van der Waals surface area contributed by atoms with Crippen LogP contribution in [-0.2, 0) is 19.1 Å². The van der Waals surface area contributed by atoms with E-state index in [0.717, 1.165) is 13.3 Å². The molecule has 0 saturated heterocycles. The monoisotopic (exact) mass is 403 g/mol. The van der Waals surface area contributed by atoms with Crippen LogP contribution in [0.2, 0.25) is 0 Å². The number of dihydropyridines is 1. The third-order valence-corrected chi connectivity index (χ3v) is 4.19. The number of hydrogen-bond acceptors (Lipinski definition) is 9. The molecule has 0 saturated carbocycles. The molecule has 2 N–H and O–H groups in total. The first kappa shape index (κ1) is 21.6. The van der Waals surface area contributed by atoms with Crippen LogP contribution >= 0.6 is 0 Å². The summed E-state index contributed by atoms with van der Waals surface area (Å²) in [6.45, 7) is 4.87. The number of esters is 2. The lowest BCUT2D eigenvalue weighted by Gasteiger charge is -2.30. The molecule has 1 unspecified atom stereocenters. The standard InChI is InChI=1S/C19H21N3O7/c1-10(2)29-19(24)15-11(3)21-13(9-20-25)17(18(23)28-4)16(15)12-7-5-6-8-14(12)22(26)27/h5-10,16,21,25H,1-4H3. The number of rotatable bonds is 6. The van der Waals surface area contributed by atoms with Crippen LogP contribution in [0.3, 0.4) is 0 Å². The molecule has 0 aliphatic carbocycles. The zero-order chi connectivity index (χ0) is 21.7. The maximum absolute atomic E-state index is 12.9. The highest BCUT2D eigenvalue weighted by Gasteiger charge is 2.41. The van der Waals surface area contributed by atoms with E-state index in [1.807, 2.05) is 0 Å². The summed E-state index contributed by atoms with van der Waals surface area (Å²) >= 11 is 0. The fourth-order valence-corrected chi connectivity index (χ4v) is 3.11. The number of allylic oxidation sites excluding steroid dienone is 2. The predicted octanol–water partition coefficient (Wildman–Crippen LogP) is 2.39. The summed E-state index contributed by atoms with van der Waals surface area (Å²) in [6, 6.07) is 5.75. The van der Waals surface area contributed by atoms with Crippen molar-refractivity contribution < 1.29 is 29.2 Å². The number of carbonyl (C=O) groups is 2. The Labute approximate surface area is 166 Å². The van der Waals surface area contributed by atoms with Gasteiger partial charge in [0.2, 0.25) is 0 Å². The minimum Gasteiger partial charge on any atom is -0.466 e. The largest absolute Gasteiger partial charge is 0.466 e. The van der Waals surface area contributed by atoms with Gasteiger partial charge in [-0.15, -0.1) is 0 Å². The zero-order valence-electron chi connectivity index (χ0n) is 16.3. The highest BCUT2D eigenvalue weighted by Crippen LogP contribution is 2.42. The number of ether oxygens (including phenoxy) is 2. The summed E-state index contributed by atoms with van der Waals surface area (Å²) in [5, 5.41) is 26.4. The van der Waals surface area contributed by atoms with E-state index >= 15 is 0 Å². The molecule has 29 heavy (non-hydrogen) atoms. The van der Waals surface area contributed by atoms with Crippen LogP contribution in [0.15, 0.2) is 52.0 Å². The van der Waals surface area contributed by atoms with Crippen molar-refractivity contribution in [2.75, 3.05) is 7.11 Å². The van der Waals surface area contributed by atoms with E-state index in [0.29, 0.717) is 5.70 Å². The third kappa shape index (κ3) is 4.42. The molecule has 154 valence electrons. The average Bonchev–Trinajstić information content (AvgIpc) is 2.66. The van der Waals surface area contributed by atoms with Crippen molar-refractivity contribution in [1.82, 2.24) is 5.32 Å². The first-order valence-corrected chi connectivity index (χ1v) is 8.64. The number of nitrogens with zero attached hydrogens (tertiary/aromatic N) is 2. The molecule has 0 amide bonds. The van der Waals surface area contributed by atoms with Gasteiger partial charge in [0.1, 0.15) is 0 Å². The van der Waals surface area contributed by atoms with Crippen molar-refractivity contribution in [3.05, 3.63) is 62.5 Å². The summed E-state index contributed by atoms with van der Waals surface area (Å²) in [7, 11) is 1.14. The number of nitro groups is 1. The fourth-order valence-electron chi connectivity index (χ4n) is 3.11. The van der Waals surface area contributed by atoms with E-state index in [2.05, 4.69) is 10.5 Å². The van der Waals surface area contributed by atoms with Crippen molar-refractivity contribution >= 4 is 23.8 Å². The first-order valence-electron chi connectivity index (χ1n) is 8.64. The molecule has 1 aromatic carbocycles. The Morgan fingerprint density at radius 1 is 1.28 bits per heavy atom. The van der Waals surface area contributed by atoms with Gasteiger partial charge >= 0.3 is 11.9 Å². The van der Waals surface area contributed by atoms with E-state index in [4.69, 9.17) is 14.7 Å². The highest BCUT2D eigenvalue weighted by atomic mass is 16.6. The average molecular weight is 403 g/mol. The number of hydrogen-bond donors (Lipinski definition) is 2. The SMILES string of the molecule is COC(=O)C1=C(C=NO)NC(C)=C(C(=O)OC(C)C)C1c1ccccc1[N+](=O)[O-]. The number of nitro benzene ring substituents is 1. The number of para-hydroxylation sites is 1. The van der Waals surface area contributed by atoms with Crippen LogP contribution in [0.25, 0.3) is 0 Å². The van der Waals surface area contributed by atoms with Crippen molar-refractivity contribution in [3.63, 3.8) is 0 Å². The molecule has 2 rings (SSSR count). The lowest BCUT2D eigenvalue weighted by molar-refractivity contribution is -0.385. The van der Waals surface area contributed by atoms with Gasteiger partial charge in [-0.1, -0.05) is 23.4 Å². The summed E-state index contributed by atoms with van der Waals surface area (Å²) in [5.41, 5.74) is 0.0360. The Balaban J connectivity index is 2.85. The molecule has 10 nitrogen and oxygen atoms in total. The fraction of sp³-hybridized carbons (Fsp3) is 0.316. The molecule has 0 radical (unpaired) electrons. The van der Waals surface area contributed by atoms with E-state index in [1.165, 1.54) is 18.2 Å². The Morgan fingerprint density at radius 3 is 2.48 bits per heavy atom. The molecule has 1 aliphatic rings. The van der Waals surface area contributed by atoms with Gasteiger partial charge in [-0.05, 0) is 20.8 Å². The summed E-state index contributed by atoms with van der Waals surface area (Å²) < 4.78 is 10.1. The van der Waals surface area contributed by atoms with Crippen molar-refractivity contribution in [2.45, 2.75) is 32.8 Å². The second-order valence-corrected chi connectivity index (χ2v) is 6.43. The number of carbonyl (C=O) groups excluding carboxylic acids is 2. The van der Waals surface area contributed by atoms with Crippen molar-refractivity contribution in [3.8, 4) is 0 Å². The van der Waals surface area contributed by atoms with E-state index in [9.17, 15) is 19.7 Å². The Bertz CT molecular complexity index is 931. The van der Waals surface area contributed by atoms with Crippen LogP contribution in [0.5, 0.6) is 0 Å². The molecular formula is C19H21N3O7. The van der Waals surface area contributed by atoms with Gasteiger partial charge in [-0.3, -0.25) is 10.1 Å². The Kier molecular flexibility index (Phi) is 6.71. The molecule has 10 heteroatoms. The Morgan fingerprint density at radius 2 is 1.93 bits per heavy atom. The normalized spacial score (nSPS) is 16.8. The molecule has 1 heterocycles. The minimum atomic E-state index is -1.18. The number of benzene rings is 1. The summed E-state index contributed by atoms with van der Waals surface area (Å²) in [6.07, 6.45) is 0.502. The molecule has 1 aromatic rings. The molecular weight excluding hydrogens is 382 g/mol. The van der Waals surface area contributed by atoms with Crippen molar-refractivity contribution in [1.29, 1.82) is 0 Å². The van der Waals surface area contributed by atoms with E-state index in [-0.39, 0.29) is 28.1 Å². The predicted molar refractivity (Wildman–Crippen MR) is 102 cm³/mol. The van der Waals surface area contributed by atoms with Gasteiger partial charge < -0.3 is 20.0 Å². The van der Waals surface area contributed by atoms with Gasteiger partial charge in [0, 0.05) is 17.3 Å². The summed E-state index contributed by atoms with van der Waals surface area (Å²) in [5.74, 6) is -2.77. The maximum Gasteiger partial charge on any atom is 0.337 e. The molecule has 0 spiro atoms. The van der Waals surface area contributed by atoms with Crippen LogP contribution < -0.4 is 5.32 Å². The first-order chi connectivity index (χ1) is 13.7. The van der Waals surface area contributed by atoms with E-state index in [1.54, 1.807) is 26.8 Å². The van der Waals surface area contributed by atoms with E-state index < -0.39 is 28.9 Å². The smallest absolute Gasteiger partial charge is 0.337 e. The van der Waals surface area contributed by atoms with Gasteiger partial charge in [-0.2, -0.15) is 0 Å². The van der Waals surface area contributed by atoms with Gasteiger partial charge in [0.15, 0.2) is 0 Å². The lowest BCUT2D eigenvalue weighted by atomic mass is 9.79. The van der Waals surface area contributed by atoms with Crippen LogP contribution in [-0.4, -0.2) is 41.5 Å². The zero-order valence-corrected chi connectivity index (χ0v) is 16.3. The molecule has 0 fully saturated rings. The molecule has 1 aliphatic heterocycles.